The van der Waals surface area contributed by atoms with Crippen LogP contribution in [0.15, 0.2) is 45.6 Å². The Morgan fingerprint density at radius 3 is 2.32 bits per heavy atom. The van der Waals surface area contributed by atoms with E-state index in [2.05, 4.69) is 0 Å². The van der Waals surface area contributed by atoms with Crippen LogP contribution >= 0.6 is 0 Å². The highest BCUT2D eigenvalue weighted by atomic mass is 19.4. The van der Waals surface area contributed by atoms with Crippen molar-refractivity contribution in [3.8, 4) is 23.0 Å². The van der Waals surface area contributed by atoms with Gasteiger partial charge in [-0.3, -0.25) is 4.79 Å². The van der Waals surface area contributed by atoms with E-state index in [4.69, 9.17) is 13.9 Å². The van der Waals surface area contributed by atoms with Crippen molar-refractivity contribution in [1.29, 1.82) is 0 Å². The van der Waals surface area contributed by atoms with Crippen LogP contribution in [0.25, 0.3) is 11.0 Å². The minimum atomic E-state index is -4.99. The Labute approximate surface area is 175 Å². The number of ether oxygens (including phenoxy) is 2. The number of quaternary nitrogens is 1. The summed E-state index contributed by atoms with van der Waals surface area (Å²) in [5.41, 5.74) is -1.23. The molecule has 164 valence electrons. The Balaban J connectivity index is 1.86. The molecule has 1 N–H and O–H groups in total. The third-order valence-corrected chi connectivity index (χ3v) is 5.35. The molecule has 4 rings (SSSR count). The predicted octanol–water partition coefficient (Wildman–Crippen LogP) is 2.87. The van der Waals surface area contributed by atoms with Gasteiger partial charge in [0.25, 0.3) is 5.76 Å². The maximum atomic E-state index is 13.8. The molecule has 0 atom stereocenters. The zero-order valence-electron chi connectivity index (χ0n) is 16.7. The molecular weight excluding hydrogens is 415 g/mol. The highest BCUT2D eigenvalue weighted by Crippen LogP contribution is 2.39. The van der Waals surface area contributed by atoms with Crippen molar-refractivity contribution in [3.63, 3.8) is 0 Å². The van der Waals surface area contributed by atoms with E-state index in [0.29, 0.717) is 5.75 Å². The second-order valence-electron chi connectivity index (χ2n) is 7.42. The van der Waals surface area contributed by atoms with Gasteiger partial charge in [0.05, 0.1) is 25.6 Å². The van der Waals surface area contributed by atoms with Gasteiger partial charge >= 0.3 is 6.18 Å². The molecular formula is C22H20F3NO5. The van der Waals surface area contributed by atoms with E-state index in [1.807, 2.05) is 0 Å². The van der Waals surface area contributed by atoms with Gasteiger partial charge in [0.2, 0.25) is 11.2 Å². The van der Waals surface area contributed by atoms with E-state index >= 15 is 0 Å². The molecule has 0 amide bonds. The lowest BCUT2D eigenvalue weighted by Crippen LogP contribution is -3.08. The van der Waals surface area contributed by atoms with E-state index in [9.17, 15) is 23.1 Å². The average Bonchev–Trinajstić information content (AvgIpc) is 3.25. The first kappa shape index (κ1) is 21.0. The summed E-state index contributed by atoms with van der Waals surface area (Å²) in [6, 6.07) is 8.12. The SMILES string of the molecule is COc1ccc(Oc2c(C(F)(F)F)oc3c(C[NH+]4CCCC4)c([O-])ccc3c2=O)cc1. The summed E-state index contributed by atoms with van der Waals surface area (Å²) in [5, 5.41) is 12.3. The molecule has 0 unspecified atom stereocenters. The summed E-state index contributed by atoms with van der Waals surface area (Å²) in [4.78, 5) is 14.1. The molecule has 0 aliphatic carbocycles. The molecule has 1 saturated heterocycles. The molecule has 1 aliphatic heterocycles. The fourth-order valence-corrected chi connectivity index (χ4v) is 3.79. The Kier molecular flexibility index (Phi) is 5.53. The number of hydrogen-bond donors (Lipinski definition) is 1. The molecule has 1 aliphatic rings. The fraction of sp³-hybridized carbons (Fsp3) is 0.318. The zero-order valence-corrected chi connectivity index (χ0v) is 16.7. The van der Waals surface area contributed by atoms with E-state index in [-0.39, 0.29) is 28.8 Å². The molecule has 0 radical (unpaired) electrons. The largest absolute Gasteiger partial charge is 0.872 e. The maximum Gasteiger partial charge on any atom is 0.453 e. The normalized spacial score (nSPS) is 14.8. The third-order valence-electron chi connectivity index (χ3n) is 5.35. The fourth-order valence-electron chi connectivity index (χ4n) is 3.79. The molecule has 31 heavy (non-hydrogen) atoms. The van der Waals surface area contributed by atoms with Crippen molar-refractivity contribution in [2.45, 2.75) is 25.6 Å². The van der Waals surface area contributed by atoms with Crippen molar-refractivity contribution in [1.82, 2.24) is 0 Å². The number of methoxy groups -OCH3 is 1. The van der Waals surface area contributed by atoms with Crippen LogP contribution in [0.3, 0.4) is 0 Å². The summed E-state index contributed by atoms with van der Waals surface area (Å²) in [5.74, 6) is -2.49. The Morgan fingerprint density at radius 2 is 1.71 bits per heavy atom. The summed E-state index contributed by atoms with van der Waals surface area (Å²) in [7, 11) is 1.45. The Hall–Kier alpha value is -3.20. The van der Waals surface area contributed by atoms with Crippen molar-refractivity contribution < 1.29 is 37.1 Å². The second kappa shape index (κ2) is 8.14. The molecule has 1 fully saturated rings. The minimum Gasteiger partial charge on any atom is -0.872 e. The summed E-state index contributed by atoms with van der Waals surface area (Å²) in [6.07, 6.45) is -3.04. The summed E-state index contributed by atoms with van der Waals surface area (Å²) in [6.45, 7) is 1.82. The zero-order chi connectivity index (χ0) is 22.2. The first-order valence-electron chi connectivity index (χ1n) is 9.80. The lowest BCUT2D eigenvalue weighted by molar-refractivity contribution is -0.901. The maximum absolute atomic E-state index is 13.8. The van der Waals surface area contributed by atoms with Gasteiger partial charge in [-0.05, 0) is 30.3 Å². The summed E-state index contributed by atoms with van der Waals surface area (Å²) >= 11 is 0. The van der Waals surface area contributed by atoms with Gasteiger partial charge in [0.1, 0.15) is 23.6 Å². The quantitative estimate of drug-likeness (QED) is 0.667. The van der Waals surface area contributed by atoms with Gasteiger partial charge in [-0.2, -0.15) is 13.2 Å². The van der Waals surface area contributed by atoms with Crippen LogP contribution < -0.4 is 24.9 Å². The number of nitrogens with one attached hydrogen (secondary N) is 1. The van der Waals surface area contributed by atoms with Crippen LogP contribution in [0.4, 0.5) is 13.2 Å². The minimum absolute atomic E-state index is 0.0140. The second-order valence-corrected chi connectivity index (χ2v) is 7.42. The van der Waals surface area contributed by atoms with E-state index in [1.165, 1.54) is 43.5 Å². The van der Waals surface area contributed by atoms with Gasteiger partial charge in [0.15, 0.2) is 0 Å². The molecule has 0 spiro atoms. The van der Waals surface area contributed by atoms with E-state index < -0.39 is 28.9 Å². The van der Waals surface area contributed by atoms with Crippen molar-refractivity contribution in [2.24, 2.45) is 0 Å². The van der Waals surface area contributed by atoms with Crippen LogP contribution in [0.1, 0.15) is 24.2 Å². The number of alkyl halides is 3. The lowest BCUT2D eigenvalue weighted by atomic mass is 10.1. The lowest BCUT2D eigenvalue weighted by Gasteiger charge is -2.20. The first-order chi connectivity index (χ1) is 14.8. The molecule has 9 heteroatoms. The molecule has 0 bridgehead atoms. The topological polar surface area (TPSA) is 76.2 Å². The predicted molar refractivity (Wildman–Crippen MR) is 104 cm³/mol. The van der Waals surface area contributed by atoms with Gasteiger partial charge in [-0.25, -0.2) is 0 Å². The Bertz CT molecular complexity index is 1150. The Morgan fingerprint density at radius 1 is 1.06 bits per heavy atom. The van der Waals surface area contributed by atoms with E-state index in [1.54, 1.807) is 0 Å². The number of hydrogen-bond acceptors (Lipinski definition) is 5. The standard InChI is InChI=1S/C22H20F3NO5/c1-29-13-4-6-14(7-5-13)30-20-18(28)15-8-9-17(27)16(12-26-10-2-3-11-26)19(15)31-21(20)22(23,24)25/h4-9,27H,2-3,10-12H2,1H3. The molecule has 6 nitrogen and oxygen atoms in total. The van der Waals surface area contributed by atoms with Crippen molar-refractivity contribution >= 4 is 11.0 Å². The first-order valence-corrected chi connectivity index (χ1v) is 9.80. The highest BCUT2D eigenvalue weighted by Gasteiger charge is 2.41. The van der Waals surface area contributed by atoms with Crippen LogP contribution in [0.2, 0.25) is 0 Å². The van der Waals surface area contributed by atoms with E-state index in [0.717, 1.165) is 30.8 Å². The molecule has 2 heterocycles. The highest BCUT2D eigenvalue weighted by molar-refractivity contribution is 5.83. The van der Waals surface area contributed by atoms with Gasteiger partial charge in [-0.15, -0.1) is 0 Å². The van der Waals surface area contributed by atoms with Gasteiger partial charge < -0.3 is 23.9 Å². The van der Waals surface area contributed by atoms with Crippen LogP contribution in [-0.2, 0) is 12.7 Å². The molecule has 0 saturated carbocycles. The van der Waals surface area contributed by atoms with Crippen LogP contribution in [0.5, 0.6) is 23.0 Å². The van der Waals surface area contributed by atoms with Crippen molar-refractivity contribution in [3.05, 3.63) is 57.9 Å². The average molecular weight is 435 g/mol. The van der Waals surface area contributed by atoms with Crippen LogP contribution in [-0.4, -0.2) is 20.2 Å². The number of rotatable bonds is 5. The third kappa shape index (κ3) is 4.18. The number of likely N-dealkylation sites (tertiary alicyclic amines) is 1. The molecule has 3 aromatic rings. The van der Waals surface area contributed by atoms with Crippen LogP contribution in [0, 0.1) is 0 Å². The smallest absolute Gasteiger partial charge is 0.453 e. The molecule has 2 aromatic carbocycles. The number of fused-ring (bicyclic) bond motifs is 1. The summed E-state index contributed by atoms with van der Waals surface area (Å²) < 4.78 is 56.9. The molecule has 1 aromatic heterocycles. The van der Waals surface area contributed by atoms with Gasteiger partial charge in [0, 0.05) is 18.4 Å². The van der Waals surface area contributed by atoms with Crippen molar-refractivity contribution in [2.75, 3.05) is 20.2 Å². The monoisotopic (exact) mass is 435 g/mol. The number of halogens is 3. The number of benzene rings is 2. The van der Waals surface area contributed by atoms with Gasteiger partial charge in [-0.1, -0.05) is 11.8 Å².